The number of nitrogen functional groups attached to an aromatic ring is 1. The monoisotopic (exact) mass is 417 g/mol. The predicted molar refractivity (Wildman–Crippen MR) is 97.8 cm³/mol. The number of benzene rings is 1. The summed E-state index contributed by atoms with van der Waals surface area (Å²) in [6.45, 7) is -0.337. The minimum absolute atomic E-state index is 0. The quantitative estimate of drug-likeness (QED) is 0.606. The molecule has 0 saturated carbocycles. The van der Waals surface area contributed by atoms with Crippen LogP contribution in [0.1, 0.15) is 16.6 Å². The van der Waals surface area contributed by atoms with Crippen LogP contribution in [-0.2, 0) is 9.47 Å². The van der Waals surface area contributed by atoms with Crippen LogP contribution in [0.25, 0.3) is 0 Å². The van der Waals surface area contributed by atoms with Crippen molar-refractivity contribution in [3.8, 4) is 0 Å². The highest BCUT2D eigenvalue weighted by Crippen LogP contribution is 2.29. The van der Waals surface area contributed by atoms with E-state index in [4.69, 9.17) is 26.8 Å². The number of anilines is 1. The van der Waals surface area contributed by atoms with Crippen LogP contribution in [0.4, 0.5) is 5.82 Å². The first-order chi connectivity index (χ1) is 12.4. The van der Waals surface area contributed by atoms with E-state index in [9.17, 15) is 19.8 Å². The topological polar surface area (TPSA) is 137 Å². The highest BCUT2D eigenvalue weighted by molar-refractivity contribution is 6.33. The summed E-state index contributed by atoms with van der Waals surface area (Å²) in [5.74, 6) is -0.680. The van der Waals surface area contributed by atoms with Gasteiger partial charge in [0.15, 0.2) is 6.23 Å². The Morgan fingerprint density at radius 3 is 2.67 bits per heavy atom. The molecule has 2 aromatic rings. The fourth-order valence-electron chi connectivity index (χ4n) is 2.58. The second kappa shape index (κ2) is 8.68. The van der Waals surface area contributed by atoms with Crippen molar-refractivity contribution in [2.75, 3.05) is 12.3 Å². The summed E-state index contributed by atoms with van der Waals surface area (Å²) in [5.41, 5.74) is 4.84. The molecule has 1 saturated heterocycles. The summed E-state index contributed by atoms with van der Waals surface area (Å²) >= 11 is 5.92. The normalized spacial score (nSPS) is 24.3. The molecule has 1 aliphatic heterocycles. The number of nitrogens with zero attached hydrogens (tertiary/aromatic N) is 2. The van der Waals surface area contributed by atoms with Gasteiger partial charge in [0, 0.05) is 6.20 Å². The van der Waals surface area contributed by atoms with E-state index in [0.717, 1.165) is 4.57 Å². The van der Waals surface area contributed by atoms with Crippen molar-refractivity contribution < 1.29 is 24.5 Å². The molecule has 3 rings (SSSR count). The smallest absolute Gasteiger partial charge is 0.351 e. The second-order valence-corrected chi connectivity index (χ2v) is 6.07. The van der Waals surface area contributed by atoms with Crippen LogP contribution in [-0.4, -0.2) is 50.7 Å². The van der Waals surface area contributed by atoms with Gasteiger partial charge in [-0.1, -0.05) is 23.7 Å². The Morgan fingerprint density at radius 2 is 2.00 bits per heavy atom. The van der Waals surface area contributed by atoms with Crippen molar-refractivity contribution in [2.45, 2.75) is 24.5 Å². The number of carbonyl (C=O) groups excluding carboxylic acids is 1. The number of hydrogen-bond donors (Lipinski definition) is 3. The molecule has 1 aromatic heterocycles. The molecule has 11 heteroatoms. The van der Waals surface area contributed by atoms with Gasteiger partial charge in [0.2, 0.25) is 0 Å². The van der Waals surface area contributed by atoms with Gasteiger partial charge in [0.05, 0.1) is 10.6 Å². The summed E-state index contributed by atoms with van der Waals surface area (Å²) < 4.78 is 11.6. The molecule has 0 spiro atoms. The summed E-state index contributed by atoms with van der Waals surface area (Å²) in [6.07, 6.45) is -3.71. The molecule has 1 aliphatic rings. The molecule has 9 nitrogen and oxygen atoms in total. The third-order valence-corrected chi connectivity index (χ3v) is 4.26. The van der Waals surface area contributed by atoms with Crippen LogP contribution in [0.15, 0.2) is 41.3 Å². The molecular weight excluding hydrogens is 401 g/mol. The maximum atomic E-state index is 12.1. The summed E-state index contributed by atoms with van der Waals surface area (Å²) in [5, 5.41) is 20.5. The van der Waals surface area contributed by atoms with E-state index in [1.54, 1.807) is 18.2 Å². The molecular formula is C16H17Cl2N3O6. The van der Waals surface area contributed by atoms with Gasteiger partial charge in [-0.25, -0.2) is 9.59 Å². The summed E-state index contributed by atoms with van der Waals surface area (Å²) in [6, 6.07) is 7.69. The van der Waals surface area contributed by atoms with Gasteiger partial charge in [0.25, 0.3) is 0 Å². The second-order valence-electron chi connectivity index (χ2n) is 5.67. The van der Waals surface area contributed by atoms with E-state index in [1.165, 1.54) is 18.3 Å². The Balaban J connectivity index is 0.00000261. The third-order valence-electron chi connectivity index (χ3n) is 3.94. The lowest BCUT2D eigenvalue weighted by molar-refractivity contribution is -0.0598. The van der Waals surface area contributed by atoms with Gasteiger partial charge in [0.1, 0.15) is 30.7 Å². The van der Waals surface area contributed by atoms with E-state index in [0.29, 0.717) is 0 Å². The van der Waals surface area contributed by atoms with Gasteiger partial charge in [-0.3, -0.25) is 4.57 Å². The number of aliphatic hydroxyl groups excluding tert-OH is 2. The van der Waals surface area contributed by atoms with Gasteiger partial charge in [-0.2, -0.15) is 4.98 Å². The fraction of sp³-hybridized carbons (Fsp3) is 0.312. The molecule has 2 heterocycles. The summed E-state index contributed by atoms with van der Waals surface area (Å²) in [4.78, 5) is 27.5. The number of ether oxygens (including phenoxy) is 2. The van der Waals surface area contributed by atoms with E-state index in [1.807, 2.05) is 0 Å². The lowest BCUT2D eigenvalue weighted by Gasteiger charge is -2.16. The third kappa shape index (κ3) is 4.40. The van der Waals surface area contributed by atoms with Crippen molar-refractivity contribution in [1.82, 2.24) is 9.55 Å². The van der Waals surface area contributed by atoms with E-state index in [2.05, 4.69) is 4.98 Å². The van der Waals surface area contributed by atoms with Crippen molar-refractivity contribution >= 4 is 35.8 Å². The zero-order valence-corrected chi connectivity index (χ0v) is 15.3. The van der Waals surface area contributed by atoms with Crippen LogP contribution >= 0.6 is 24.0 Å². The number of rotatable bonds is 4. The molecule has 146 valence electrons. The molecule has 0 unspecified atom stereocenters. The Morgan fingerprint density at radius 1 is 1.30 bits per heavy atom. The van der Waals surface area contributed by atoms with Gasteiger partial charge >= 0.3 is 11.7 Å². The number of esters is 1. The average molecular weight is 418 g/mol. The van der Waals surface area contributed by atoms with Crippen molar-refractivity contribution in [3.05, 3.63) is 57.6 Å². The molecule has 4 atom stereocenters. The number of halogens is 2. The highest BCUT2D eigenvalue weighted by atomic mass is 35.5. The van der Waals surface area contributed by atoms with Crippen molar-refractivity contribution in [3.63, 3.8) is 0 Å². The standard InChI is InChI=1S/C16H16ClN3O6.ClH/c17-9-4-2-1-3-8(9)15(23)25-7-10-12(21)13(22)14(26-10)20-6-5-11(18)19-16(20)24;/h1-6,10,12-14,21-22H,7H2,(H2,18,19,24);1H/t10-,12-,13+,14-;/m1./s1. The molecule has 0 amide bonds. The molecule has 0 radical (unpaired) electrons. The van der Waals surface area contributed by atoms with Crippen LogP contribution < -0.4 is 11.4 Å². The first-order valence-corrected chi connectivity index (χ1v) is 8.04. The number of aliphatic hydroxyl groups is 2. The van der Waals surface area contributed by atoms with Gasteiger partial charge in [-0.15, -0.1) is 12.4 Å². The van der Waals surface area contributed by atoms with Crippen LogP contribution in [0.3, 0.4) is 0 Å². The van der Waals surface area contributed by atoms with Gasteiger partial charge in [-0.05, 0) is 18.2 Å². The average Bonchev–Trinajstić information content (AvgIpc) is 2.88. The van der Waals surface area contributed by atoms with Crippen LogP contribution in [0, 0.1) is 0 Å². The van der Waals surface area contributed by atoms with Crippen LogP contribution in [0.2, 0.25) is 5.02 Å². The Bertz CT molecular complexity index is 877. The number of aromatic nitrogens is 2. The largest absolute Gasteiger partial charge is 0.459 e. The first-order valence-electron chi connectivity index (χ1n) is 7.66. The van der Waals surface area contributed by atoms with E-state index < -0.39 is 36.2 Å². The fourth-order valence-corrected chi connectivity index (χ4v) is 2.79. The maximum Gasteiger partial charge on any atom is 0.351 e. The Labute approximate surface area is 164 Å². The highest BCUT2D eigenvalue weighted by Gasteiger charge is 2.44. The lowest BCUT2D eigenvalue weighted by atomic mass is 10.1. The van der Waals surface area contributed by atoms with Crippen molar-refractivity contribution in [2.24, 2.45) is 0 Å². The molecule has 0 aliphatic carbocycles. The van der Waals surface area contributed by atoms with Crippen LogP contribution in [0.5, 0.6) is 0 Å². The number of nitrogens with two attached hydrogens (primary N) is 1. The lowest BCUT2D eigenvalue weighted by Crippen LogP contribution is -2.36. The molecule has 1 fully saturated rings. The first kappa shape index (κ1) is 21.1. The molecule has 0 bridgehead atoms. The van der Waals surface area contributed by atoms with E-state index in [-0.39, 0.29) is 35.4 Å². The number of hydrogen-bond acceptors (Lipinski definition) is 8. The SMILES string of the molecule is Cl.Nc1ccn([C@@H]2O[C@H](COC(=O)c3ccccc3Cl)[C@@H](O)[C@@H]2O)c(=O)n1. The zero-order valence-electron chi connectivity index (χ0n) is 13.8. The summed E-state index contributed by atoms with van der Waals surface area (Å²) in [7, 11) is 0. The predicted octanol–water partition coefficient (Wildman–Crippen LogP) is 0.377. The van der Waals surface area contributed by atoms with Gasteiger partial charge < -0.3 is 25.4 Å². The Kier molecular flexibility index (Phi) is 6.79. The maximum absolute atomic E-state index is 12.1. The molecule has 27 heavy (non-hydrogen) atoms. The zero-order chi connectivity index (χ0) is 18.8. The van der Waals surface area contributed by atoms with E-state index >= 15 is 0 Å². The molecule has 1 aromatic carbocycles. The molecule has 4 N–H and O–H groups in total. The minimum atomic E-state index is -1.41. The minimum Gasteiger partial charge on any atom is -0.459 e. The number of carbonyl (C=O) groups is 1. The van der Waals surface area contributed by atoms with Crippen molar-refractivity contribution in [1.29, 1.82) is 0 Å². The Hall–Kier alpha value is -2.17.